The van der Waals surface area contributed by atoms with Crippen LogP contribution in [0.5, 0.6) is 0 Å². The van der Waals surface area contributed by atoms with E-state index in [9.17, 15) is 9.59 Å². The van der Waals surface area contributed by atoms with Gasteiger partial charge in [0.25, 0.3) is 11.8 Å². The maximum Gasteiger partial charge on any atom is 0.269 e. The number of carbonyl (C=O) groups is 2. The van der Waals surface area contributed by atoms with Gasteiger partial charge in [0.1, 0.15) is 0 Å². The summed E-state index contributed by atoms with van der Waals surface area (Å²) in [6, 6.07) is 24.2. The molecule has 2 amide bonds. The topological polar surface area (TPSA) is 58.2 Å². The molecule has 0 saturated heterocycles. The molecule has 3 rings (SSSR count). The van der Waals surface area contributed by atoms with Gasteiger partial charge in [0, 0.05) is 16.7 Å². The van der Waals surface area contributed by atoms with E-state index in [4.69, 9.17) is 11.6 Å². The Kier molecular flexibility index (Phi) is 6.02. The highest BCUT2D eigenvalue weighted by atomic mass is 35.5. The fourth-order valence-corrected chi connectivity index (χ4v) is 2.65. The zero-order chi connectivity index (χ0) is 19.1. The maximum atomic E-state index is 12.2. The molecule has 3 aromatic rings. The van der Waals surface area contributed by atoms with Crippen LogP contribution in [0, 0.1) is 0 Å². The second-order valence-electron chi connectivity index (χ2n) is 5.74. The van der Waals surface area contributed by atoms with Crippen molar-refractivity contribution in [2.24, 2.45) is 0 Å². The molecule has 5 heteroatoms. The fourth-order valence-electron chi connectivity index (χ4n) is 2.45. The van der Waals surface area contributed by atoms with Gasteiger partial charge in [-0.2, -0.15) is 0 Å². The number of carbonyl (C=O) groups excluding carboxylic acids is 2. The van der Waals surface area contributed by atoms with Crippen LogP contribution in [-0.2, 0) is 4.79 Å². The quantitative estimate of drug-likeness (QED) is 0.521. The molecule has 27 heavy (non-hydrogen) atoms. The van der Waals surface area contributed by atoms with Gasteiger partial charge >= 0.3 is 0 Å². The Labute approximate surface area is 162 Å². The van der Waals surface area contributed by atoms with E-state index >= 15 is 0 Å². The summed E-state index contributed by atoms with van der Waals surface area (Å²) in [5, 5.41) is 0.545. The number of hydrogen-bond acceptors (Lipinski definition) is 2. The van der Waals surface area contributed by atoms with Crippen molar-refractivity contribution in [1.29, 1.82) is 0 Å². The van der Waals surface area contributed by atoms with E-state index in [0.717, 1.165) is 16.7 Å². The molecule has 0 fully saturated rings. The predicted octanol–water partition coefficient (Wildman–Crippen LogP) is 4.48. The summed E-state index contributed by atoms with van der Waals surface area (Å²) in [6.45, 7) is 0. The molecule has 0 saturated carbocycles. The molecule has 3 aromatic carbocycles. The molecule has 0 atom stereocenters. The average Bonchev–Trinajstić information content (AvgIpc) is 2.72. The van der Waals surface area contributed by atoms with Gasteiger partial charge in [-0.15, -0.1) is 0 Å². The Bertz CT molecular complexity index is 967. The van der Waals surface area contributed by atoms with Gasteiger partial charge < -0.3 is 0 Å². The molecule has 0 spiro atoms. The summed E-state index contributed by atoms with van der Waals surface area (Å²) < 4.78 is 0. The largest absolute Gasteiger partial charge is 0.269 e. The third-order valence-electron chi connectivity index (χ3n) is 3.87. The summed E-state index contributed by atoms with van der Waals surface area (Å²) in [5.41, 5.74) is 7.99. The minimum Gasteiger partial charge on any atom is -0.268 e. The molecule has 0 bridgehead atoms. The first-order valence-corrected chi connectivity index (χ1v) is 8.70. The standard InChI is InChI=1S/C22H17ClN2O2/c23-20-9-5-4-8-18(20)14-15-21(26)24-25-22(27)19-12-10-17(11-13-19)16-6-2-1-3-7-16/h1-15H,(H,24,26)(H,25,27)/b15-14+. The summed E-state index contributed by atoms with van der Waals surface area (Å²) in [7, 11) is 0. The van der Waals surface area contributed by atoms with E-state index in [-0.39, 0.29) is 0 Å². The van der Waals surface area contributed by atoms with E-state index in [1.54, 1.807) is 30.3 Å². The van der Waals surface area contributed by atoms with Crippen LogP contribution in [0.1, 0.15) is 15.9 Å². The average molecular weight is 377 g/mol. The minimum atomic E-state index is -0.454. The van der Waals surface area contributed by atoms with Crippen molar-refractivity contribution in [2.75, 3.05) is 0 Å². The van der Waals surface area contributed by atoms with Crippen LogP contribution >= 0.6 is 11.6 Å². The van der Waals surface area contributed by atoms with Gasteiger partial charge in [0.15, 0.2) is 0 Å². The number of nitrogens with one attached hydrogen (secondary N) is 2. The van der Waals surface area contributed by atoms with Gasteiger partial charge in [0.05, 0.1) is 0 Å². The predicted molar refractivity (Wildman–Crippen MR) is 108 cm³/mol. The molecule has 0 aromatic heterocycles. The van der Waals surface area contributed by atoms with Crippen molar-refractivity contribution in [3.8, 4) is 11.1 Å². The van der Waals surface area contributed by atoms with Crippen LogP contribution in [0.2, 0.25) is 5.02 Å². The lowest BCUT2D eigenvalue weighted by molar-refractivity contribution is -0.117. The lowest BCUT2D eigenvalue weighted by Gasteiger charge is -2.07. The van der Waals surface area contributed by atoms with Crippen molar-refractivity contribution >= 4 is 29.5 Å². The normalized spacial score (nSPS) is 10.6. The molecule has 0 aliphatic heterocycles. The van der Waals surface area contributed by atoms with E-state index < -0.39 is 11.8 Å². The van der Waals surface area contributed by atoms with Crippen LogP contribution in [-0.4, -0.2) is 11.8 Å². The van der Waals surface area contributed by atoms with Crippen LogP contribution in [0.4, 0.5) is 0 Å². The lowest BCUT2D eigenvalue weighted by atomic mass is 10.0. The Morgan fingerprint density at radius 2 is 1.37 bits per heavy atom. The van der Waals surface area contributed by atoms with Crippen molar-refractivity contribution < 1.29 is 9.59 Å². The molecule has 2 N–H and O–H groups in total. The molecule has 134 valence electrons. The highest BCUT2D eigenvalue weighted by molar-refractivity contribution is 6.32. The molecule has 0 aliphatic carbocycles. The monoisotopic (exact) mass is 376 g/mol. The summed E-state index contributed by atoms with van der Waals surface area (Å²) >= 11 is 6.02. The van der Waals surface area contributed by atoms with Crippen LogP contribution in [0.15, 0.2) is 84.9 Å². The second-order valence-corrected chi connectivity index (χ2v) is 6.15. The number of benzene rings is 3. The van der Waals surface area contributed by atoms with Gasteiger partial charge in [-0.05, 0) is 41.0 Å². The van der Waals surface area contributed by atoms with Crippen molar-refractivity contribution in [3.05, 3.63) is 101 Å². The number of hydrazine groups is 1. The zero-order valence-corrected chi connectivity index (χ0v) is 15.1. The van der Waals surface area contributed by atoms with Gasteiger partial charge in [0.2, 0.25) is 0 Å². The summed E-state index contributed by atoms with van der Waals surface area (Å²) in [6.07, 6.45) is 2.89. The fraction of sp³-hybridized carbons (Fsp3) is 0. The highest BCUT2D eigenvalue weighted by Crippen LogP contribution is 2.19. The first-order valence-electron chi connectivity index (χ1n) is 8.32. The number of amides is 2. The smallest absolute Gasteiger partial charge is 0.268 e. The first kappa shape index (κ1) is 18.4. The van der Waals surface area contributed by atoms with Gasteiger partial charge in [-0.1, -0.05) is 72.3 Å². The van der Waals surface area contributed by atoms with Gasteiger partial charge in [-0.25, -0.2) is 0 Å². The Morgan fingerprint density at radius 1 is 0.741 bits per heavy atom. The molecule has 0 unspecified atom stereocenters. The summed E-state index contributed by atoms with van der Waals surface area (Å²) in [5.74, 6) is -0.849. The van der Waals surface area contributed by atoms with Crippen LogP contribution in [0.25, 0.3) is 17.2 Å². The van der Waals surface area contributed by atoms with E-state index in [1.807, 2.05) is 54.6 Å². The minimum absolute atomic E-state index is 0.394. The third kappa shape index (κ3) is 5.06. The zero-order valence-electron chi connectivity index (χ0n) is 14.4. The Balaban J connectivity index is 1.56. The van der Waals surface area contributed by atoms with Gasteiger partial charge in [-0.3, -0.25) is 20.4 Å². The number of halogens is 1. The van der Waals surface area contributed by atoms with E-state index in [1.165, 1.54) is 6.08 Å². The molecule has 4 nitrogen and oxygen atoms in total. The molecule has 0 radical (unpaired) electrons. The molecular weight excluding hydrogens is 360 g/mol. The molecule has 0 heterocycles. The second kappa shape index (κ2) is 8.83. The molecular formula is C22H17ClN2O2. The number of hydrogen-bond donors (Lipinski definition) is 2. The van der Waals surface area contributed by atoms with Crippen molar-refractivity contribution in [1.82, 2.24) is 10.9 Å². The lowest BCUT2D eigenvalue weighted by Crippen LogP contribution is -2.40. The Hall–Kier alpha value is -3.37. The van der Waals surface area contributed by atoms with E-state index in [0.29, 0.717) is 10.6 Å². The summed E-state index contributed by atoms with van der Waals surface area (Å²) in [4.78, 5) is 24.0. The SMILES string of the molecule is O=C(/C=C/c1ccccc1Cl)NNC(=O)c1ccc(-c2ccccc2)cc1. The molecule has 0 aliphatic rings. The van der Waals surface area contributed by atoms with Crippen LogP contribution < -0.4 is 10.9 Å². The third-order valence-corrected chi connectivity index (χ3v) is 4.22. The maximum absolute atomic E-state index is 12.2. The van der Waals surface area contributed by atoms with E-state index in [2.05, 4.69) is 10.9 Å². The Morgan fingerprint density at radius 3 is 2.07 bits per heavy atom. The highest BCUT2D eigenvalue weighted by Gasteiger charge is 2.06. The van der Waals surface area contributed by atoms with Crippen molar-refractivity contribution in [3.63, 3.8) is 0 Å². The van der Waals surface area contributed by atoms with Crippen LogP contribution in [0.3, 0.4) is 0 Å². The van der Waals surface area contributed by atoms with Crippen molar-refractivity contribution in [2.45, 2.75) is 0 Å². The first-order chi connectivity index (χ1) is 13.1. The number of rotatable bonds is 4.